The van der Waals surface area contributed by atoms with E-state index in [0.717, 1.165) is 0 Å². The molecule has 1 aromatic heterocycles. The Morgan fingerprint density at radius 1 is 1.09 bits per heavy atom. The lowest BCUT2D eigenvalue weighted by Crippen LogP contribution is -2.30. The maximum atomic E-state index is 13.1. The number of nitro benzene ring substituents is 1. The van der Waals surface area contributed by atoms with Crippen LogP contribution in [0.2, 0.25) is 0 Å². The third kappa shape index (κ3) is 4.54. The number of carbonyl (C=O) groups excluding carboxylic acids is 1. The quantitative estimate of drug-likeness (QED) is 0.302. The molecule has 3 aromatic carbocycles. The van der Waals surface area contributed by atoms with Crippen molar-refractivity contribution in [3.63, 3.8) is 0 Å². The van der Waals surface area contributed by atoms with Crippen LogP contribution in [0.4, 0.5) is 16.5 Å². The van der Waals surface area contributed by atoms with Gasteiger partial charge in [-0.25, -0.2) is 13.4 Å². The summed E-state index contributed by atoms with van der Waals surface area (Å²) in [6.07, 6.45) is 0. The van der Waals surface area contributed by atoms with E-state index in [9.17, 15) is 23.3 Å². The summed E-state index contributed by atoms with van der Waals surface area (Å²) in [5.41, 5.74) is 1.13. The number of aromatic nitrogens is 1. The second-order valence-electron chi connectivity index (χ2n) is 6.91. The number of thiazole rings is 1. The van der Waals surface area contributed by atoms with Crippen LogP contribution in [0.15, 0.2) is 77.7 Å². The fourth-order valence-electron chi connectivity index (χ4n) is 3.24. The lowest BCUT2D eigenvalue weighted by atomic mass is 10.2. The summed E-state index contributed by atoms with van der Waals surface area (Å²) in [4.78, 5) is 27.3. The first kappa shape index (κ1) is 22.4. The summed E-state index contributed by atoms with van der Waals surface area (Å²) < 4.78 is 28.1. The third-order valence-corrected chi connectivity index (χ3v) is 7.71. The molecule has 4 rings (SSSR count). The Morgan fingerprint density at radius 2 is 1.79 bits per heavy atom. The summed E-state index contributed by atoms with van der Waals surface area (Å²) in [6, 6.07) is 18.7. The Balaban J connectivity index is 1.53. The van der Waals surface area contributed by atoms with Crippen LogP contribution in [0.25, 0.3) is 10.2 Å². The summed E-state index contributed by atoms with van der Waals surface area (Å²) >= 11 is 1.18. The fourth-order valence-corrected chi connectivity index (χ4v) is 5.56. The van der Waals surface area contributed by atoms with Crippen LogP contribution in [0.5, 0.6) is 0 Å². The van der Waals surface area contributed by atoms with Crippen molar-refractivity contribution in [3.05, 3.63) is 88.5 Å². The van der Waals surface area contributed by atoms with Crippen molar-refractivity contribution >= 4 is 54.0 Å². The van der Waals surface area contributed by atoms with Gasteiger partial charge in [0, 0.05) is 24.2 Å². The molecule has 11 heteroatoms. The van der Waals surface area contributed by atoms with Crippen LogP contribution >= 0.6 is 11.3 Å². The van der Waals surface area contributed by atoms with E-state index in [0.29, 0.717) is 15.9 Å². The standard InChI is InChI=1S/C22H18N4O5S2/c1-2-25(16-6-4-3-5-7-16)33(30,31)18-11-8-15(9-12-18)21(27)24-22-23-19-14-17(26(28)29)10-13-20(19)32-22/h3-14H,2H2,1H3,(H,23,24,27). The zero-order chi connectivity index (χ0) is 23.6. The number of benzene rings is 3. The lowest BCUT2D eigenvalue weighted by molar-refractivity contribution is -0.384. The van der Waals surface area contributed by atoms with Crippen molar-refractivity contribution < 1.29 is 18.1 Å². The molecule has 9 nitrogen and oxygen atoms in total. The zero-order valence-electron chi connectivity index (χ0n) is 17.3. The predicted molar refractivity (Wildman–Crippen MR) is 127 cm³/mol. The fraction of sp³-hybridized carbons (Fsp3) is 0.0909. The number of fused-ring (bicyclic) bond motifs is 1. The largest absolute Gasteiger partial charge is 0.298 e. The van der Waals surface area contributed by atoms with Crippen LogP contribution in [0.3, 0.4) is 0 Å². The molecule has 0 unspecified atom stereocenters. The summed E-state index contributed by atoms with van der Waals surface area (Å²) in [7, 11) is -3.80. The molecule has 0 aliphatic heterocycles. The van der Waals surface area contributed by atoms with Gasteiger partial charge in [0.2, 0.25) is 0 Å². The molecule has 1 N–H and O–H groups in total. The van der Waals surface area contributed by atoms with E-state index >= 15 is 0 Å². The van der Waals surface area contributed by atoms with E-state index in [1.165, 1.54) is 52.0 Å². The van der Waals surface area contributed by atoms with Gasteiger partial charge in [0.05, 0.1) is 25.7 Å². The van der Waals surface area contributed by atoms with Crippen LogP contribution < -0.4 is 9.62 Å². The van der Waals surface area contributed by atoms with E-state index in [4.69, 9.17) is 0 Å². The van der Waals surface area contributed by atoms with E-state index in [1.54, 1.807) is 37.3 Å². The van der Waals surface area contributed by atoms with Crippen molar-refractivity contribution in [2.24, 2.45) is 0 Å². The molecule has 1 heterocycles. The maximum absolute atomic E-state index is 13.1. The minimum Gasteiger partial charge on any atom is -0.298 e. The molecule has 1 amide bonds. The number of non-ortho nitro benzene ring substituents is 1. The van der Waals surface area contributed by atoms with Crippen molar-refractivity contribution in [1.29, 1.82) is 0 Å². The first-order valence-electron chi connectivity index (χ1n) is 9.84. The number of hydrogen-bond acceptors (Lipinski definition) is 7. The van der Waals surface area contributed by atoms with E-state index in [1.807, 2.05) is 6.07 Å². The smallest absolute Gasteiger partial charge is 0.271 e. The van der Waals surface area contributed by atoms with Crippen LogP contribution in [0, 0.1) is 10.1 Å². The predicted octanol–water partition coefficient (Wildman–Crippen LogP) is 4.67. The van der Waals surface area contributed by atoms with E-state index in [-0.39, 0.29) is 27.8 Å². The number of nitrogens with one attached hydrogen (secondary N) is 1. The minimum atomic E-state index is -3.80. The third-order valence-electron chi connectivity index (χ3n) is 4.84. The molecule has 168 valence electrons. The normalized spacial score (nSPS) is 11.3. The Hall–Kier alpha value is -3.83. The molecular formula is C22H18N4O5S2. The number of amides is 1. The van der Waals surface area contributed by atoms with Gasteiger partial charge in [-0.05, 0) is 49.4 Å². The van der Waals surface area contributed by atoms with Crippen molar-refractivity contribution in [2.75, 3.05) is 16.2 Å². The number of carbonyl (C=O) groups is 1. The molecule has 0 radical (unpaired) electrons. The summed E-state index contributed by atoms with van der Waals surface area (Å²) in [6.45, 7) is 2.00. The SMILES string of the molecule is CCN(c1ccccc1)S(=O)(=O)c1ccc(C(=O)Nc2nc3cc([N+](=O)[O-])ccc3s2)cc1. The average Bonchev–Trinajstić information content (AvgIpc) is 3.21. The molecule has 0 saturated carbocycles. The average molecular weight is 483 g/mol. The van der Waals surface area contributed by atoms with Crippen LogP contribution in [-0.4, -0.2) is 30.8 Å². The maximum Gasteiger partial charge on any atom is 0.271 e. The molecular weight excluding hydrogens is 464 g/mol. The molecule has 0 aliphatic carbocycles. The number of anilines is 2. The number of para-hydroxylation sites is 1. The number of sulfonamides is 1. The second-order valence-corrected chi connectivity index (χ2v) is 9.80. The number of nitro groups is 1. The Bertz CT molecular complexity index is 1430. The summed E-state index contributed by atoms with van der Waals surface area (Å²) in [5.74, 6) is -0.470. The van der Waals surface area contributed by atoms with Crippen LogP contribution in [0.1, 0.15) is 17.3 Å². The number of hydrogen-bond donors (Lipinski definition) is 1. The van der Waals surface area contributed by atoms with E-state index < -0.39 is 20.9 Å². The molecule has 4 aromatic rings. The van der Waals surface area contributed by atoms with Crippen molar-refractivity contribution in [3.8, 4) is 0 Å². The first-order valence-corrected chi connectivity index (χ1v) is 12.1. The highest BCUT2D eigenvalue weighted by atomic mass is 32.2. The second kappa shape index (κ2) is 8.96. The highest BCUT2D eigenvalue weighted by Gasteiger charge is 2.24. The van der Waals surface area contributed by atoms with Gasteiger partial charge in [0.1, 0.15) is 0 Å². The number of nitrogens with zero attached hydrogens (tertiary/aromatic N) is 3. The monoisotopic (exact) mass is 482 g/mol. The zero-order valence-corrected chi connectivity index (χ0v) is 19.0. The molecule has 33 heavy (non-hydrogen) atoms. The van der Waals surface area contributed by atoms with Gasteiger partial charge >= 0.3 is 0 Å². The topological polar surface area (TPSA) is 123 Å². The van der Waals surface area contributed by atoms with Gasteiger partial charge in [-0.1, -0.05) is 29.5 Å². The van der Waals surface area contributed by atoms with Gasteiger partial charge < -0.3 is 0 Å². The first-order chi connectivity index (χ1) is 15.8. The van der Waals surface area contributed by atoms with Gasteiger partial charge in [0.15, 0.2) is 5.13 Å². The molecule has 0 saturated heterocycles. The van der Waals surface area contributed by atoms with E-state index in [2.05, 4.69) is 10.3 Å². The molecule has 0 bridgehead atoms. The molecule has 0 atom stereocenters. The Morgan fingerprint density at radius 3 is 2.42 bits per heavy atom. The van der Waals surface area contributed by atoms with Crippen molar-refractivity contribution in [2.45, 2.75) is 11.8 Å². The Kier molecular flexibility index (Phi) is 6.07. The molecule has 0 aliphatic rings. The van der Waals surface area contributed by atoms with Gasteiger partial charge in [-0.2, -0.15) is 0 Å². The summed E-state index contributed by atoms with van der Waals surface area (Å²) in [5, 5.41) is 13.9. The molecule has 0 spiro atoms. The molecule has 0 fully saturated rings. The van der Waals surface area contributed by atoms with Crippen LogP contribution in [-0.2, 0) is 10.0 Å². The lowest BCUT2D eigenvalue weighted by Gasteiger charge is -2.22. The van der Waals surface area contributed by atoms with Gasteiger partial charge in [0.25, 0.3) is 21.6 Å². The van der Waals surface area contributed by atoms with Gasteiger partial charge in [-0.3, -0.25) is 24.5 Å². The Labute approximate surface area is 193 Å². The minimum absolute atomic E-state index is 0.0667. The highest BCUT2D eigenvalue weighted by Crippen LogP contribution is 2.29. The number of rotatable bonds is 7. The van der Waals surface area contributed by atoms with Gasteiger partial charge in [-0.15, -0.1) is 0 Å². The highest BCUT2D eigenvalue weighted by molar-refractivity contribution is 7.92. The van der Waals surface area contributed by atoms with Crippen molar-refractivity contribution in [1.82, 2.24) is 4.98 Å².